The number of benzene rings is 2. The summed E-state index contributed by atoms with van der Waals surface area (Å²) in [4.78, 5) is 11.1. The van der Waals surface area contributed by atoms with Crippen molar-refractivity contribution in [3.05, 3.63) is 63.9 Å². The van der Waals surface area contributed by atoms with E-state index in [1.165, 1.54) is 6.07 Å². The predicted octanol–water partition coefficient (Wildman–Crippen LogP) is 4.46. The van der Waals surface area contributed by atoms with Crippen LogP contribution >= 0.6 is 15.9 Å². The number of hydrogen-bond acceptors (Lipinski definition) is 2. The average molecular weight is 338 g/mol. The molecule has 2 aromatic carbocycles. The maximum Gasteiger partial charge on any atom is 0.340 e. The molecule has 20 heavy (non-hydrogen) atoms. The number of carboxylic acid groups (broad SMARTS) is 1. The van der Waals surface area contributed by atoms with Crippen LogP contribution in [-0.4, -0.2) is 11.1 Å². The highest BCUT2D eigenvalue weighted by atomic mass is 79.9. The molecule has 0 amide bonds. The lowest BCUT2D eigenvalue weighted by molar-refractivity contribution is 0.0693. The fourth-order valence-electron chi connectivity index (χ4n) is 1.93. The van der Waals surface area contributed by atoms with Gasteiger partial charge in [-0.3, -0.25) is 0 Å². The molecule has 0 saturated carbocycles. The molecule has 2 aromatic rings. The summed E-state index contributed by atoms with van der Waals surface area (Å²) < 4.78 is 14.5. The van der Waals surface area contributed by atoms with E-state index in [4.69, 9.17) is 5.11 Å². The van der Waals surface area contributed by atoms with Gasteiger partial charge in [-0.05, 0) is 36.8 Å². The highest BCUT2D eigenvalue weighted by Crippen LogP contribution is 2.25. The quantitative estimate of drug-likeness (QED) is 0.865. The van der Waals surface area contributed by atoms with Crippen LogP contribution in [-0.2, 0) is 0 Å². The Labute approximate surface area is 124 Å². The first kappa shape index (κ1) is 14.5. The Hall–Kier alpha value is -1.88. The van der Waals surface area contributed by atoms with Gasteiger partial charge in [0.1, 0.15) is 11.4 Å². The largest absolute Gasteiger partial charge is 0.478 e. The van der Waals surface area contributed by atoms with Gasteiger partial charge in [-0.25, -0.2) is 9.18 Å². The summed E-state index contributed by atoms with van der Waals surface area (Å²) >= 11 is 3.35. The summed E-state index contributed by atoms with van der Waals surface area (Å²) in [7, 11) is 0. The molecule has 2 N–H and O–H groups in total. The van der Waals surface area contributed by atoms with E-state index in [0.29, 0.717) is 0 Å². The first-order valence-corrected chi connectivity index (χ1v) is 6.82. The number of hydrogen-bond donors (Lipinski definition) is 2. The molecule has 0 saturated heterocycles. The van der Waals surface area contributed by atoms with Crippen molar-refractivity contribution in [1.82, 2.24) is 0 Å². The summed E-state index contributed by atoms with van der Waals surface area (Å²) in [6, 6.07) is 11.7. The molecular weight excluding hydrogens is 325 g/mol. The maximum absolute atomic E-state index is 13.6. The second-order valence-corrected chi connectivity index (χ2v) is 5.30. The molecule has 0 aliphatic rings. The highest BCUT2D eigenvalue weighted by molar-refractivity contribution is 9.10. The highest BCUT2D eigenvalue weighted by Gasteiger charge is 2.17. The summed E-state index contributed by atoms with van der Waals surface area (Å²) in [6.07, 6.45) is 0. The second-order valence-electron chi connectivity index (χ2n) is 4.39. The monoisotopic (exact) mass is 337 g/mol. The standard InChI is InChI=1S/C15H13BrFNO2/c1-9(10-5-7-11(16)8-6-10)18-13-4-2-3-12(17)14(13)15(19)20/h2-9,18H,1H3,(H,19,20). The van der Waals surface area contributed by atoms with E-state index in [1.807, 2.05) is 31.2 Å². The van der Waals surface area contributed by atoms with Crippen molar-refractivity contribution >= 4 is 27.6 Å². The topological polar surface area (TPSA) is 49.3 Å². The number of anilines is 1. The lowest BCUT2D eigenvalue weighted by Gasteiger charge is -2.17. The van der Waals surface area contributed by atoms with E-state index in [0.717, 1.165) is 16.1 Å². The van der Waals surface area contributed by atoms with Gasteiger partial charge in [0, 0.05) is 10.5 Å². The fourth-order valence-corrected chi connectivity index (χ4v) is 2.19. The van der Waals surface area contributed by atoms with Crippen LogP contribution in [0, 0.1) is 5.82 Å². The van der Waals surface area contributed by atoms with Crippen molar-refractivity contribution in [3.8, 4) is 0 Å². The molecule has 5 heteroatoms. The normalized spacial score (nSPS) is 11.9. The van der Waals surface area contributed by atoms with Gasteiger partial charge in [-0.1, -0.05) is 34.1 Å². The van der Waals surface area contributed by atoms with Gasteiger partial charge in [0.25, 0.3) is 0 Å². The van der Waals surface area contributed by atoms with Gasteiger partial charge in [-0.15, -0.1) is 0 Å². The van der Waals surface area contributed by atoms with Crippen molar-refractivity contribution < 1.29 is 14.3 Å². The van der Waals surface area contributed by atoms with E-state index >= 15 is 0 Å². The molecule has 0 aromatic heterocycles. The number of rotatable bonds is 4. The average Bonchev–Trinajstić information content (AvgIpc) is 2.39. The lowest BCUT2D eigenvalue weighted by Crippen LogP contribution is -2.12. The number of halogens is 2. The molecular formula is C15H13BrFNO2. The summed E-state index contributed by atoms with van der Waals surface area (Å²) in [6.45, 7) is 1.89. The van der Waals surface area contributed by atoms with Crippen LogP contribution in [0.15, 0.2) is 46.9 Å². The summed E-state index contributed by atoms with van der Waals surface area (Å²) in [5.41, 5.74) is 0.915. The summed E-state index contributed by atoms with van der Waals surface area (Å²) in [5.74, 6) is -2.03. The van der Waals surface area contributed by atoms with Crippen LogP contribution < -0.4 is 5.32 Å². The molecule has 0 fully saturated rings. The van der Waals surface area contributed by atoms with Crippen molar-refractivity contribution in [3.63, 3.8) is 0 Å². The molecule has 0 heterocycles. The molecule has 3 nitrogen and oxygen atoms in total. The van der Waals surface area contributed by atoms with Crippen molar-refractivity contribution in [2.45, 2.75) is 13.0 Å². The third-order valence-corrected chi connectivity index (χ3v) is 3.50. The van der Waals surface area contributed by atoms with Gasteiger partial charge in [0.05, 0.1) is 5.69 Å². The minimum atomic E-state index is -1.28. The van der Waals surface area contributed by atoms with E-state index in [2.05, 4.69) is 21.2 Å². The first-order valence-electron chi connectivity index (χ1n) is 6.03. The van der Waals surface area contributed by atoms with Gasteiger partial charge >= 0.3 is 5.97 Å². The van der Waals surface area contributed by atoms with Crippen molar-refractivity contribution in [2.24, 2.45) is 0 Å². The third-order valence-electron chi connectivity index (χ3n) is 2.97. The molecule has 1 atom stereocenters. The van der Waals surface area contributed by atoms with Crippen molar-refractivity contribution in [2.75, 3.05) is 5.32 Å². The summed E-state index contributed by atoms with van der Waals surface area (Å²) in [5, 5.41) is 12.1. The van der Waals surface area contributed by atoms with Gasteiger partial charge in [0.15, 0.2) is 0 Å². The van der Waals surface area contributed by atoms with E-state index in [9.17, 15) is 9.18 Å². The number of carboxylic acids is 1. The van der Waals surface area contributed by atoms with Crippen LogP contribution in [0.4, 0.5) is 10.1 Å². The zero-order valence-corrected chi connectivity index (χ0v) is 12.3. The number of aromatic carboxylic acids is 1. The smallest absolute Gasteiger partial charge is 0.340 e. The number of nitrogens with one attached hydrogen (secondary N) is 1. The molecule has 0 aliphatic heterocycles. The van der Waals surface area contributed by atoms with Crippen LogP contribution in [0.25, 0.3) is 0 Å². The van der Waals surface area contributed by atoms with Crippen LogP contribution in [0.2, 0.25) is 0 Å². The Morgan fingerprint density at radius 2 is 1.90 bits per heavy atom. The minimum Gasteiger partial charge on any atom is -0.478 e. The van der Waals surface area contributed by atoms with Crippen LogP contribution in [0.3, 0.4) is 0 Å². The minimum absolute atomic E-state index is 0.136. The SMILES string of the molecule is CC(Nc1cccc(F)c1C(=O)O)c1ccc(Br)cc1. The zero-order chi connectivity index (χ0) is 14.7. The Morgan fingerprint density at radius 3 is 2.50 bits per heavy atom. The molecule has 1 unspecified atom stereocenters. The van der Waals surface area contributed by atoms with E-state index in [-0.39, 0.29) is 17.3 Å². The van der Waals surface area contributed by atoms with E-state index < -0.39 is 11.8 Å². The van der Waals surface area contributed by atoms with Crippen LogP contribution in [0.5, 0.6) is 0 Å². The van der Waals surface area contributed by atoms with Gasteiger partial charge in [-0.2, -0.15) is 0 Å². The molecule has 0 spiro atoms. The second kappa shape index (κ2) is 6.05. The maximum atomic E-state index is 13.6. The first-order chi connectivity index (χ1) is 9.49. The van der Waals surface area contributed by atoms with E-state index in [1.54, 1.807) is 6.07 Å². The lowest BCUT2D eigenvalue weighted by atomic mass is 10.1. The molecule has 2 rings (SSSR count). The Bertz CT molecular complexity index is 628. The number of carbonyl (C=O) groups is 1. The Balaban J connectivity index is 2.28. The molecule has 0 bridgehead atoms. The Morgan fingerprint density at radius 1 is 1.25 bits per heavy atom. The Kier molecular flexibility index (Phi) is 4.39. The molecule has 104 valence electrons. The predicted molar refractivity (Wildman–Crippen MR) is 79.5 cm³/mol. The zero-order valence-electron chi connectivity index (χ0n) is 10.7. The molecule has 0 radical (unpaired) electrons. The molecule has 0 aliphatic carbocycles. The van der Waals surface area contributed by atoms with Gasteiger partial charge < -0.3 is 10.4 Å². The third kappa shape index (κ3) is 3.17. The van der Waals surface area contributed by atoms with Crippen molar-refractivity contribution in [1.29, 1.82) is 0 Å². The van der Waals surface area contributed by atoms with Crippen LogP contribution in [0.1, 0.15) is 28.9 Å². The van der Waals surface area contributed by atoms with Gasteiger partial charge in [0.2, 0.25) is 0 Å². The fraction of sp³-hybridized carbons (Fsp3) is 0.133.